The lowest BCUT2D eigenvalue weighted by atomic mass is 10.1. The van der Waals surface area contributed by atoms with Gasteiger partial charge >= 0.3 is 12.0 Å². The van der Waals surface area contributed by atoms with E-state index in [9.17, 15) is 17.6 Å². The van der Waals surface area contributed by atoms with Gasteiger partial charge < -0.3 is 0 Å². The zero-order valence-corrected chi connectivity index (χ0v) is 7.05. The van der Waals surface area contributed by atoms with Crippen LogP contribution in [0.25, 0.3) is 0 Å². The molecule has 2 heterocycles. The topological polar surface area (TPSA) is 30.7 Å². The summed E-state index contributed by atoms with van der Waals surface area (Å²) in [6, 6.07) is -3.36. The maximum absolute atomic E-state index is 13.2. The third-order valence-corrected chi connectivity index (χ3v) is 2.15. The first-order chi connectivity index (χ1) is 6.43. The molecular weight excluding hydrogens is 202 g/mol. The van der Waals surface area contributed by atoms with Crippen LogP contribution in [0.5, 0.6) is 0 Å². The molecule has 0 fully saturated rings. The van der Waals surface area contributed by atoms with Crippen molar-refractivity contribution in [3.05, 3.63) is 12.2 Å². The van der Waals surface area contributed by atoms with E-state index in [1.165, 1.54) is 0 Å². The number of aromatic nitrogens is 3. The summed E-state index contributed by atoms with van der Waals surface area (Å²) < 4.78 is 52.7. The van der Waals surface area contributed by atoms with Gasteiger partial charge in [-0.05, 0) is 6.42 Å². The fraction of sp³-hybridized carbons (Fsp3) is 0.714. The monoisotopic (exact) mass is 209 g/mol. The lowest BCUT2D eigenvalue weighted by Gasteiger charge is -2.16. The Balaban J connectivity index is 2.55. The number of alkyl halides is 4. The van der Waals surface area contributed by atoms with Crippen molar-refractivity contribution >= 4 is 0 Å². The van der Waals surface area contributed by atoms with E-state index in [-0.39, 0.29) is 11.1 Å². The largest absolute Gasteiger partial charge is 0.345 e. The van der Waals surface area contributed by atoms with Crippen molar-refractivity contribution in [2.75, 3.05) is 0 Å². The summed E-state index contributed by atoms with van der Waals surface area (Å²) in [4.78, 5) is 3.19. The molecule has 14 heavy (non-hydrogen) atoms. The minimum Gasteiger partial charge on any atom is -0.214 e. The van der Waals surface area contributed by atoms with Gasteiger partial charge in [-0.3, -0.25) is 0 Å². The third kappa shape index (κ3) is 1.27. The van der Waals surface area contributed by atoms with Crippen molar-refractivity contribution in [1.82, 2.24) is 14.8 Å². The first kappa shape index (κ1) is 9.42. The molecule has 0 N–H and O–H groups in total. The maximum Gasteiger partial charge on any atom is 0.345 e. The van der Waals surface area contributed by atoms with Gasteiger partial charge in [0.15, 0.2) is 0 Å². The van der Waals surface area contributed by atoms with E-state index in [0.717, 1.165) is 6.33 Å². The second-order valence-electron chi connectivity index (χ2n) is 3.22. The molecule has 3 nitrogen and oxygen atoms in total. The minimum atomic E-state index is -3.36. The molecule has 0 saturated heterocycles. The van der Waals surface area contributed by atoms with Crippen molar-refractivity contribution in [2.45, 2.75) is 31.2 Å². The molecule has 0 radical (unpaired) electrons. The lowest BCUT2D eigenvalue weighted by Crippen LogP contribution is -2.27. The van der Waals surface area contributed by atoms with Crippen LogP contribution in [0.2, 0.25) is 0 Å². The Morgan fingerprint density at radius 3 is 2.64 bits per heavy atom. The Bertz CT molecular complexity index is 316. The molecule has 7 heteroatoms. The van der Waals surface area contributed by atoms with Gasteiger partial charge in [-0.2, -0.15) is 27.3 Å². The summed E-state index contributed by atoms with van der Waals surface area (Å²) in [6.07, 6.45) is -0.756. The number of rotatable bonds is 0. The summed E-state index contributed by atoms with van der Waals surface area (Å²) in [6.45, 7) is 0. The predicted molar refractivity (Wildman–Crippen MR) is 38.0 cm³/mol. The van der Waals surface area contributed by atoms with Crippen LogP contribution in [0.4, 0.5) is 17.6 Å². The van der Waals surface area contributed by atoms with E-state index in [4.69, 9.17) is 0 Å². The van der Waals surface area contributed by atoms with Crippen LogP contribution < -0.4 is 0 Å². The van der Waals surface area contributed by atoms with E-state index in [0.29, 0.717) is 0 Å². The van der Waals surface area contributed by atoms with Gasteiger partial charge in [0.2, 0.25) is 5.82 Å². The Labute approximate surface area is 76.7 Å². The van der Waals surface area contributed by atoms with E-state index < -0.39 is 30.6 Å². The van der Waals surface area contributed by atoms with Crippen LogP contribution in [-0.4, -0.2) is 14.8 Å². The fourth-order valence-corrected chi connectivity index (χ4v) is 1.47. The van der Waals surface area contributed by atoms with E-state index >= 15 is 0 Å². The minimum absolute atomic E-state index is 0.0278. The second kappa shape index (κ2) is 2.68. The van der Waals surface area contributed by atoms with Crippen LogP contribution >= 0.6 is 0 Å². The van der Waals surface area contributed by atoms with Gasteiger partial charge in [-0.15, -0.1) is 0 Å². The van der Waals surface area contributed by atoms with Crippen molar-refractivity contribution in [2.24, 2.45) is 0 Å². The summed E-state index contributed by atoms with van der Waals surface area (Å²) in [5, 5.41) is 3.14. The van der Waals surface area contributed by atoms with Gasteiger partial charge in [0.25, 0.3) is 0 Å². The van der Waals surface area contributed by atoms with E-state index in [1.54, 1.807) is 0 Å². The molecule has 1 aromatic rings. The van der Waals surface area contributed by atoms with Gasteiger partial charge in [0.1, 0.15) is 6.33 Å². The summed E-state index contributed by atoms with van der Waals surface area (Å²) >= 11 is 0. The van der Waals surface area contributed by atoms with Gasteiger partial charge in [-0.1, -0.05) is 0 Å². The number of fused-ring (bicyclic) bond motifs is 1. The molecule has 0 saturated carbocycles. The average molecular weight is 209 g/mol. The summed E-state index contributed by atoms with van der Waals surface area (Å²) in [5.41, 5.74) is 0. The van der Waals surface area contributed by atoms with E-state index in [2.05, 4.69) is 10.1 Å². The fourth-order valence-electron chi connectivity index (χ4n) is 1.47. The maximum atomic E-state index is 13.2. The second-order valence-corrected chi connectivity index (χ2v) is 3.22. The summed E-state index contributed by atoms with van der Waals surface area (Å²) in [7, 11) is 0. The van der Waals surface area contributed by atoms with Crippen LogP contribution in [-0.2, 0) is 12.0 Å². The number of nitrogens with zero attached hydrogens (tertiary/aromatic N) is 3. The molecule has 1 aromatic heterocycles. The van der Waals surface area contributed by atoms with Crippen molar-refractivity contribution < 1.29 is 17.6 Å². The highest BCUT2D eigenvalue weighted by Gasteiger charge is 2.47. The molecule has 0 amide bonds. The standard InChI is InChI=1S/C7H7F4N3/c8-6(9)2-1-3-7(10,11)14-5(6)12-4-13-14/h4H,1-3H2. The van der Waals surface area contributed by atoms with Crippen molar-refractivity contribution in [3.8, 4) is 0 Å². The molecule has 1 aliphatic rings. The molecule has 78 valence electrons. The quantitative estimate of drug-likeness (QED) is 0.612. The highest BCUT2D eigenvalue weighted by atomic mass is 19.3. The first-order valence-corrected chi connectivity index (χ1v) is 4.10. The van der Waals surface area contributed by atoms with Gasteiger partial charge in [0.05, 0.1) is 0 Å². The van der Waals surface area contributed by atoms with E-state index in [1.807, 2.05) is 0 Å². The Morgan fingerprint density at radius 2 is 1.93 bits per heavy atom. The molecule has 0 spiro atoms. The van der Waals surface area contributed by atoms with Gasteiger partial charge in [0, 0.05) is 12.8 Å². The molecule has 0 aromatic carbocycles. The van der Waals surface area contributed by atoms with Gasteiger partial charge in [-0.25, -0.2) is 4.98 Å². The summed E-state index contributed by atoms with van der Waals surface area (Å²) in [5.74, 6) is -4.25. The third-order valence-electron chi connectivity index (χ3n) is 2.15. The normalized spacial score (nSPS) is 24.0. The zero-order chi connectivity index (χ0) is 10.4. The highest BCUT2D eigenvalue weighted by molar-refractivity contribution is 4.99. The Morgan fingerprint density at radius 1 is 1.21 bits per heavy atom. The predicted octanol–water partition coefficient (Wildman–Crippen LogP) is 2.10. The Kier molecular flexibility index (Phi) is 1.80. The lowest BCUT2D eigenvalue weighted by molar-refractivity contribution is -0.103. The van der Waals surface area contributed by atoms with Crippen LogP contribution in [0.3, 0.4) is 0 Å². The molecule has 2 rings (SSSR count). The molecule has 0 bridgehead atoms. The molecule has 0 atom stereocenters. The van der Waals surface area contributed by atoms with Crippen LogP contribution in [0, 0.1) is 0 Å². The molecule has 0 aliphatic carbocycles. The molecule has 1 aliphatic heterocycles. The highest BCUT2D eigenvalue weighted by Crippen LogP contribution is 2.41. The molecule has 0 unspecified atom stereocenters. The first-order valence-electron chi connectivity index (χ1n) is 4.10. The molecular formula is C7H7F4N3. The van der Waals surface area contributed by atoms with Crippen molar-refractivity contribution in [3.63, 3.8) is 0 Å². The van der Waals surface area contributed by atoms with Crippen LogP contribution in [0.1, 0.15) is 25.1 Å². The Hall–Kier alpha value is -1.14. The number of hydrogen-bond donors (Lipinski definition) is 0. The van der Waals surface area contributed by atoms with Crippen LogP contribution in [0.15, 0.2) is 6.33 Å². The van der Waals surface area contributed by atoms with Crippen molar-refractivity contribution in [1.29, 1.82) is 0 Å². The number of halogens is 4. The smallest absolute Gasteiger partial charge is 0.214 e. The number of hydrogen-bond acceptors (Lipinski definition) is 2. The SMILES string of the molecule is FC1(F)CCCC(F)(F)n2ncnc21. The zero-order valence-electron chi connectivity index (χ0n) is 7.05. The average Bonchev–Trinajstić information content (AvgIpc) is 2.48.